The number of benzene rings is 1. The molecule has 0 aliphatic carbocycles. The van der Waals surface area contributed by atoms with E-state index in [1.54, 1.807) is 22.0 Å². The van der Waals surface area contributed by atoms with E-state index in [9.17, 15) is 9.18 Å². The van der Waals surface area contributed by atoms with Gasteiger partial charge in [-0.05, 0) is 36.5 Å². The van der Waals surface area contributed by atoms with Crippen molar-refractivity contribution in [2.24, 2.45) is 0 Å². The zero-order valence-corrected chi connectivity index (χ0v) is 14.7. The van der Waals surface area contributed by atoms with Crippen molar-refractivity contribution < 1.29 is 9.18 Å². The van der Waals surface area contributed by atoms with E-state index in [2.05, 4.69) is 16.6 Å². The number of piperazine rings is 1. The number of halogens is 1. The summed E-state index contributed by atoms with van der Waals surface area (Å²) in [5.74, 6) is -0.402. The fourth-order valence-electron chi connectivity index (χ4n) is 2.79. The van der Waals surface area contributed by atoms with Crippen LogP contribution >= 0.6 is 12.2 Å². The van der Waals surface area contributed by atoms with Crippen molar-refractivity contribution in [3.05, 3.63) is 59.4 Å². The lowest BCUT2D eigenvalue weighted by molar-refractivity contribution is 0.0585. The molecule has 1 amide bonds. The van der Waals surface area contributed by atoms with Crippen LogP contribution in [-0.2, 0) is 13.2 Å². The molecule has 0 radical (unpaired) electrons. The monoisotopic (exact) mass is 361 g/mol. The molecule has 0 atom stereocenters. The van der Waals surface area contributed by atoms with Crippen molar-refractivity contribution in [3.63, 3.8) is 0 Å². The Morgan fingerprint density at radius 2 is 1.92 bits per heavy atom. The number of allylic oxidation sites excluding steroid dienone is 1. The molecule has 0 spiro atoms. The van der Waals surface area contributed by atoms with E-state index in [0.29, 0.717) is 36.6 Å². The molecule has 6 nitrogen and oxygen atoms in total. The Bertz CT molecular complexity index is 805. The predicted octanol–water partition coefficient (Wildman–Crippen LogP) is 2.15. The fourth-order valence-corrected chi connectivity index (χ4v) is 3.02. The summed E-state index contributed by atoms with van der Waals surface area (Å²) >= 11 is 5.39. The Labute approximate surface area is 150 Å². The van der Waals surface area contributed by atoms with Crippen LogP contribution in [0.3, 0.4) is 0 Å². The molecule has 132 valence electrons. The standard InChI is InChI=1S/C17H20FN5OS/c1-2-7-22-12-19-23(17(22)25)13-20-8-10-21(11-9-20)16(24)14-3-5-15(18)6-4-14/h2-6,12H,1,7-11,13H2. The molecule has 1 fully saturated rings. The molecule has 1 aliphatic rings. The zero-order valence-electron chi connectivity index (χ0n) is 13.8. The summed E-state index contributed by atoms with van der Waals surface area (Å²) in [6, 6.07) is 5.67. The summed E-state index contributed by atoms with van der Waals surface area (Å²) in [4.78, 5) is 16.4. The van der Waals surface area contributed by atoms with Crippen molar-refractivity contribution in [2.45, 2.75) is 13.2 Å². The number of aromatic nitrogens is 3. The summed E-state index contributed by atoms with van der Waals surface area (Å²) in [5, 5.41) is 4.31. The molecular weight excluding hydrogens is 341 g/mol. The van der Waals surface area contributed by atoms with Crippen LogP contribution in [0.2, 0.25) is 0 Å². The van der Waals surface area contributed by atoms with Crippen LogP contribution in [-0.4, -0.2) is 56.2 Å². The minimum atomic E-state index is -0.339. The Morgan fingerprint density at radius 1 is 1.24 bits per heavy atom. The molecule has 0 bridgehead atoms. The maximum Gasteiger partial charge on any atom is 0.253 e. The van der Waals surface area contributed by atoms with Crippen LogP contribution in [0, 0.1) is 10.6 Å². The number of carbonyl (C=O) groups is 1. The number of carbonyl (C=O) groups excluding carboxylic acids is 1. The van der Waals surface area contributed by atoms with E-state index < -0.39 is 0 Å². The van der Waals surface area contributed by atoms with Crippen LogP contribution in [0.5, 0.6) is 0 Å². The molecule has 1 saturated heterocycles. The van der Waals surface area contributed by atoms with Crippen LogP contribution in [0.25, 0.3) is 0 Å². The van der Waals surface area contributed by atoms with Gasteiger partial charge >= 0.3 is 0 Å². The van der Waals surface area contributed by atoms with Gasteiger partial charge in [0.2, 0.25) is 0 Å². The van der Waals surface area contributed by atoms with Gasteiger partial charge in [-0.3, -0.25) is 9.69 Å². The normalized spacial score (nSPS) is 15.3. The van der Waals surface area contributed by atoms with Crippen molar-refractivity contribution >= 4 is 18.1 Å². The average molecular weight is 361 g/mol. The van der Waals surface area contributed by atoms with Crippen LogP contribution in [0.15, 0.2) is 43.2 Å². The molecule has 3 rings (SSSR count). The van der Waals surface area contributed by atoms with Crippen molar-refractivity contribution in [1.82, 2.24) is 24.1 Å². The maximum atomic E-state index is 13.0. The smallest absolute Gasteiger partial charge is 0.253 e. The highest BCUT2D eigenvalue weighted by Crippen LogP contribution is 2.10. The molecule has 2 aromatic rings. The van der Waals surface area contributed by atoms with Gasteiger partial charge in [-0.25, -0.2) is 9.07 Å². The zero-order chi connectivity index (χ0) is 17.8. The molecule has 0 N–H and O–H groups in total. The number of hydrogen-bond donors (Lipinski definition) is 0. The molecule has 0 unspecified atom stereocenters. The van der Waals surface area contributed by atoms with Gasteiger partial charge in [0.25, 0.3) is 5.91 Å². The second kappa shape index (κ2) is 7.71. The van der Waals surface area contributed by atoms with Gasteiger partial charge in [0.15, 0.2) is 4.77 Å². The molecule has 1 aromatic heterocycles. The van der Waals surface area contributed by atoms with E-state index >= 15 is 0 Å². The highest BCUT2D eigenvalue weighted by Gasteiger charge is 2.22. The summed E-state index contributed by atoms with van der Waals surface area (Å²) < 4.78 is 17.3. The molecule has 25 heavy (non-hydrogen) atoms. The lowest BCUT2D eigenvalue weighted by Gasteiger charge is -2.34. The van der Waals surface area contributed by atoms with Crippen molar-refractivity contribution in [3.8, 4) is 0 Å². The summed E-state index contributed by atoms with van der Waals surface area (Å²) in [6.45, 7) is 7.66. The Hall–Kier alpha value is -2.32. The molecule has 1 aromatic carbocycles. The first-order chi connectivity index (χ1) is 12.1. The van der Waals surface area contributed by atoms with E-state index in [-0.39, 0.29) is 11.7 Å². The van der Waals surface area contributed by atoms with Gasteiger partial charge in [0.05, 0.1) is 6.67 Å². The largest absolute Gasteiger partial charge is 0.336 e. The first-order valence-electron chi connectivity index (χ1n) is 8.09. The van der Waals surface area contributed by atoms with Gasteiger partial charge in [0, 0.05) is 38.3 Å². The molecule has 8 heteroatoms. The number of amides is 1. The van der Waals surface area contributed by atoms with Crippen molar-refractivity contribution in [1.29, 1.82) is 0 Å². The van der Waals surface area contributed by atoms with Gasteiger partial charge in [-0.1, -0.05) is 6.08 Å². The SMILES string of the molecule is C=CCn1cnn(CN2CCN(C(=O)c3ccc(F)cc3)CC2)c1=S. The molecule has 2 heterocycles. The van der Waals surface area contributed by atoms with Crippen LogP contribution in [0.4, 0.5) is 4.39 Å². The fraction of sp³-hybridized carbons (Fsp3) is 0.353. The lowest BCUT2D eigenvalue weighted by Crippen LogP contribution is -2.49. The Kier molecular flexibility index (Phi) is 5.40. The summed E-state index contributed by atoms with van der Waals surface area (Å²) in [5.41, 5.74) is 0.514. The van der Waals surface area contributed by atoms with Crippen LogP contribution in [0.1, 0.15) is 10.4 Å². The molecule has 1 aliphatic heterocycles. The minimum absolute atomic E-state index is 0.0634. The topological polar surface area (TPSA) is 46.3 Å². The third-order valence-electron chi connectivity index (χ3n) is 4.21. The Morgan fingerprint density at radius 3 is 2.56 bits per heavy atom. The third kappa shape index (κ3) is 4.02. The molecular formula is C17H20FN5OS. The maximum absolute atomic E-state index is 13.0. The van der Waals surface area contributed by atoms with E-state index in [1.807, 2.05) is 4.57 Å². The predicted molar refractivity (Wildman–Crippen MR) is 95.1 cm³/mol. The summed E-state index contributed by atoms with van der Waals surface area (Å²) in [6.07, 6.45) is 3.49. The van der Waals surface area contributed by atoms with Crippen molar-refractivity contribution in [2.75, 3.05) is 26.2 Å². The van der Waals surface area contributed by atoms with E-state index in [0.717, 1.165) is 13.1 Å². The average Bonchev–Trinajstić information content (AvgIpc) is 2.96. The quantitative estimate of drug-likeness (QED) is 0.605. The van der Waals surface area contributed by atoms with E-state index in [1.165, 1.54) is 24.3 Å². The van der Waals surface area contributed by atoms with Crippen LogP contribution < -0.4 is 0 Å². The first kappa shape index (κ1) is 17.5. The van der Waals surface area contributed by atoms with E-state index in [4.69, 9.17) is 12.2 Å². The number of rotatable bonds is 5. The minimum Gasteiger partial charge on any atom is -0.336 e. The summed E-state index contributed by atoms with van der Waals surface area (Å²) in [7, 11) is 0. The first-order valence-corrected chi connectivity index (χ1v) is 8.49. The highest BCUT2D eigenvalue weighted by molar-refractivity contribution is 7.71. The van der Waals surface area contributed by atoms with Gasteiger partial charge in [-0.2, -0.15) is 5.10 Å². The Balaban J connectivity index is 1.57. The van der Waals surface area contributed by atoms with Gasteiger partial charge in [0.1, 0.15) is 12.1 Å². The third-order valence-corrected chi connectivity index (χ3v) is 4.65. The number of hydrogen-bond acceptors (Lipinski definition) is 4. The highest BCUT2D eigenvalue weighted by atomic mass is 32.1. The van der Waals surface area contributed by atoms with Gasteiger partial charge in [-0.15, -0.1) is 6.58 Å². The second-order valence-electron chi connectivity index (χ2n) is 5.91. The molecule has 0 saturated carbocycles. The second-order valence-corrected chi connectivity index (χ2v) is 6.28. The lowest BCUT2D eigenvalue weighted by atomic mass is 10.2. The van der Waals surface area contributed by atoms with Gasteiger partial charge < -0.3 is 9.47 Å². The number of nitrogens with zero attached hydrogens (tertiary/aromatic N) is 5.